The molecule has 14 N–H and O–H groups in total. The third-order valence-corrected chi connectivity index (χ3v) is 40.6. The number of aromatic hydroxyl groups is 5. The fraction of sp³-hybridized carbons (Fsp3) is 0.620. The number of nitrogens with two attached hydrogens (primary N) is 1. The van der Waals surface area contributed by atoms with Crippen molar-refractivity contribution in [2.75, 3.05) is 72.5 Å². The number of rotatable bonds is 10. The second-order valence-corrected chi connectivity index (χ2v) is 46.9. The third-order valence-electron chi connectivity index (χ3n) is 40.6. The summed E-state index contributed by atoms with van der Waals surface area (Å²) in [5.74, 6) is 7.68. The van der Waals surface area contributed by atoms with E-state index < -0.39 is 73.4 Å². The molecule has 7 aromatic rings. The number of Topliss-reactive ketones (excluding diaryl/α,β-unsaturated/α-hetero) is 1. The maximum absolute atomic E-state index is 12.8. The molecule has 6 aromatic carbocycles. The number of H-pyrrole nitrogens is 1. The van der Waals surface area contributed by atoms with Crippen LogP contribution >= 0.6 is 0 Å². The molecular formula is C108H128BrN7O17. The van der Waals surface area contributed by atoms with Crippen LogP contribution in [0.2, 0.25) is 0 Å². The van der Waals surface area contributed by atoms with Crippen molar-refractivity contribution in [2.24, 2.45) is 35.3 Å². The molecule has 15 aliphatic carbocycles. The molecule has 0 radical (unpaired) electrons. The van der Waals surface area contributed by atoms with E-state index in [4.69, 9.17) is 29.4 Å². The maximum atomic E-state index is 12.8. The van der Waals surface area contributed by atoms with Crippen molar-refractivity contribution in [1.82, 2.24) is 24.6 Å². The summed E-state index contributed by atoms with van der Waals surface area (Å²) >= 11 is 0. The first-order chi connectivity index (χ1) is 63.6. The SMILES string of the molecule is C=C1CC[C@@]2(O)[C@H]3Cc4ccc(O)c5c4[C@@]2(CCN3CC2CC2)C1O5.C[N+]1(CC2CC2)CC[C@]23c4c5ccc(O)c4OC2C(=O)CC[C@@]3(O)[C@H]1C5.N[C@@H]1CC[C@@]2(O)[C@H]3Cc4ccc(O)c5c4[C@@]2(CCN3CC2CC2)C1O5.Oc1ccc2c3c1OC1[C@@H](O)CC[C@@]4(O)[C@@H](C2)N(CC2CC2)CC[C@]314.Oc1ccc2c3c1OC1c4[nH]c5ccccc5c4C[C@@]4(O)[C@@H](C2)N(CC2CC2)CC[C@]314.[Br-]. The molecule has 133 heavy (non-hydrogen) atoms. The lowest BCUT2D eigenvalue weighted by atomic mass is 9.48. The third kappa shape index (κ3) is 10.9. The van der Waals surface area contributed by atoms with Gasteiger partial charge in [-0.2, -0.15) is 0 Å². The van der Waals surface area contributed by atoms with Crippen LogP contribution in [0.15, 0.2) is 97.1 Å². The first-order valence-electron chi connectivity index (χ1n) is 50.9. The number of para-hydroxylation sites is 1. The number of hydrogen-bond acceptors (Lipinski definition) is 22. The molecule has 5 spiro atoms. The monoisotopic (exact) mass is 1870 g/mol. The zero-order chi connectivity index (χ0) is 89.4. The van der Waals surface area contributed by atoms with Crippen LogP contribution < -0.4 is 46.4 Å². The fourth-order valence-electron chi connectivity index (χ4n) is 33.9. The van der Waals surface area contributed by atoms with E-state index in [1.807, 2.05) is 30.3 Å². The average molecular weight is 1880 g/mol. The summed E-state index contributed by atoms with van der Waals surface area (Å²) in [6, 6.07) is 27.7. The Kier molecular flexibility index (Phi) is 18.0. The second kappa shape index (κ2) is 28.3. The number of phenolic OH excluding ortho intramolecular Hbond substituents is 5. The van der Waals surface area contributed by atoms with Crippen molar-refractivity contribution in [3.63, 3.8) is 0 Å². The van der Waals surface area contributed by atoms with Crippen LogP contribution in [0.4, 0.5) is 0 Å². The maximum Gasteiger partial charge on any atom is 0.174 e. The van der Waals surface area contributed by atoms with Gasteiger partial charge in [0.25, 0.3) is 0 Å². The molecule has 25 aliphatic rings. The number of nitrogens with one attached hydrogen (secondary N) is 1. The highest BCUT2D eigenvalue weighted by Crippen LogP contribution is 2.74. The summed E-state index contributed by atoms with van der Waals surface area (Å²) in [7, 11) is 2.31. The number of piperidine rings is 5. The van der Waals surface area contributed by atoms with Gasteiger partial charge < -0.3 is 112 Å². The Labute approximate surface area is 786 Å². The molecule has 9 saturated carbocycles. The van der Waals surface area contributed by atoms with Crippen LogP contribution in [-0.2, 0) is 70.4 Å². The smallest absolute Gasteiger partial charge is 0.174 e. The van der Waals surface area contributed by atoms with Crippen LogP contribution in [-0.4, -0.2) is 258 Å². The van der Waals surface area contributed by atoms with Gasteiger partial charge in [-0.1, -0.05) is 55.1 Å². The second-order valence-electron chi connectivity index (χ2n) is 46.9. The minimum Gasteiger partial charge on any atom is -1.00 e. The van der Waals surface area contributed by atoms with Gasteiger partial charge in [0.1, 0.15) is 30.0 Å². The summed E-state index contributed by atoms with van der Waals surface area (Å²) in [5.41, 5.74) is 15.2. The van der Waals surface area contributed by atoms with E-state index in [0.717, 1.165) is 240 Å². The lowest BCUT2D eigenvalue weighted by Crippen LogP contribution is -3.00. The van der Waals surface area contributed by atoms with Crippen LogP contribution in [0.25, 0.3) is 10.9 Å². The number of aliphatic hydroxyl groups is 6. The Morgan fingerprint density at radius 3 is 1.32 bits per heavy atom. The molecule has 25 heteroatoms. The number of aromatic nitrogens is 1. The zero-order valence-electron chi connectivity index (χ0n) is 76.2. The van der Waals surface area contributed by atoms with E-state index in [-0.39, 0.29) is 106 Å². The number of ether oxygens (including phenoxy) is 5. The van der Waals surface area contributed by atoms with Crippen molar-refractivity contribution >= 4 is 16.7 Å². The minimum atomic E-state index is -0.931. The summed E-state index contributed by atoms with van der Waals surface area (Å²) < 4.78 is 32.3. The number of phenols is 5. The van der Waals surface area contributed by atoms with E-state index in [1.54, 1.807) is 30.3 Å². The van der Waals surface area contributed by atoms with Gasteiger partial charge in [0.2, 0.25) is 0 Å². The lowest BCUT2D eigenvalue weighted by Gasteiger charge is -2.64. The molecule has 24 nitrogen and oxygen atoms in total. The van der Waals surface area contributed by atoms with E-state index >= 15 is 0 Å². The normalized spacial score (nSPS) is 41.4. The van der Waals surface area contributed by atoms with Gasteiger partial charge in [0.05, 0.1) is 81.4 Å². The lowest BCUT2D eigenvalue weighted by molar-refractivity contribution is -0.950. The van der Waals surface area contributed by atoms with Gasteiger partial charge >= 0.3 is 0 Å². The number of carbonyl (C=O) groups is 1. The van der Waals surface area contributed by atoms with Gasteiger partial charge in [0, 0.05) is 127 Å². The van der Waals surface area contributed by atoms with E-state index in [1.165, 1.54) is 97.4 Å². The number of aromatic amines is 1. The Bertz CT molecular complexity index is 6000. The van der Waals surface area contributed by atoms with E-state index in [2.05, 4.69) is 62.5 Å². The largest absolute Gasteiger partial charge is 1.00 e. The number of benzene rings is 6. The minimum absolute atomic E-state index is 0. The Balaban J connectivity index is 0.0000000849. The van der Waals surface area contributed by atoms with Gasteiger partial charge in [-0.25, -0.2) is 0 Å². The Morgan fingerprint density at radius 2 is 0.820 bits per heavy atom. The standard InChI is InChI=1S/C26H26N2O3.C21H25NO4.C21H25NO3.C20H26N2O3.C20H25NO4.BrH/c29-19-8-7-15-11-20-26(30)12-17-16-3-1-2-4-18(16)27-22(17)24-25(26,21(15)23(19)31-24)9-10-28(20)13-14-5-6-14;1-22(11-12-2-3-12)9-8-20-17-13-4-5-14(23)18(17)26-19(20)15(24)6-7-21(20,25)16(22)10-13;1-12-6-7-21(24)16-10-14-4-5-15(23)18-17(14)20(21,19(12)25-18)8-9-22(16)11-13-2-3-13;21-13-5-6-20(24)15-9-12-3-4-14(23)17-16(12)19(20,18(13)25-17)7-8-22(15)10-11-1-2-11;22-13-4-3-12-9-15-20(24)6-5-14(23)18-19(20,16(12)17(13)25-18)7-8-21(15)10-11-1-2-11;/h1-4,7-8,14,20,24,27,29-30H,5-6,9-13H2;4-5,12,16,19,25H,2-3,6-11H2,1H3;4-5,13,16,19,23-24H,1-3,6-11H2;3-4,11,13,15,18,23-24H,1-2,5-10,21H2;3-4,11,14-15,18,22-24H,1-2,5-10H2;1H/t20-,24?,25+,26-;16-,19?,20+,21-,22?;16-,19?,20+,21-;13-,15-,18?,19+,20-;14-,15+,18?,19-,20+;/m11110./s1. The van der Waals surface area contributed by atoms with Crippen LogP contribution in [0.1, 0.15) is 221 Å². The summed E-state index contributed by atoms with van der Waals surface area (Å²) in [6.07, 6.45) is 24.9. The van der Waals surface area contributed by atoms with Gasteiger partial charge in [-0.05, 0) is 286 Å². The molecule has 11 heterocycles. The molecule has 0 amide bonds. The van der Waals surface area contributed by atoms with Gasteiger partial charge in [0.15, 0.2) is 75.5 Å². The van der Waals surface area contributed by atoms with Crippen molar-refractivity contribution < 1.29 is 106 Å². The average Bonchev–Trinajstić information content (AvgIpc) is 1.50. The quantitative estimate of drug-likeness (QED) is 0.0470. The molecule has 23 atom stereocenters. The highest BCUT2D eigenvalue weighted by atomic mass is 79.9. The highest BCUT2D eigenvalue weighted by Gasteiger charge is 2.80. The van der Waals surface area contributed by atoms with Crippen molar-refractivity contribution in [1.29, 1.82) is 0 Å². The van der Waals surface area contributed by atoms with Crippen molar-refractivity contribution in [3.8, 4) is 57.5 Å². The molecule has 14 fully saturated rings. The van der Waals surface area contributed by atoms with Crippen molar-refractivity contribution in [3.05, 3.63) is 164 Å². The summed E-state index contributed by atoms with van der Waals surface area (Å²) in [6.45, 7) is 14.7. The number of carbonyl (C=O) groups excluding carboxylic acids is 1. The van der Waals surface area contributed by atoms with E-state index in [9.17, 15) is 61.0 Å². The van der Waals surface area contributed by atoms with Crippen molar-refractivity contribution in [2.45, 2.75) is 314 Å². The number of quaternary nitrogens is 1. The topological polar surface area (TPSA) is 341 Å². The van der Waals surface area contributed by atoms with Crippen LogP contribution in [0.5, 0.6) is 57.5 Å². The number of likely N-dealkylation sites (tertiary alicyclic amines) is 5. The molecule has 6 unspecified atom stereocenters. The van der Waals surface area contributed by atoms with Crippen LogP contribution in [0.3, 0.4) is 0 Å². The van der Waals surface area contributed by atoms with Gasteiger partial charge in [-0.3, -0.25) is 24.4 Å². The van der Waals surface area contributed by atoms with E-state index in [0.29, 0.717) is 60.9 Å². The number of likely N-dealkylation sites (N-methyl/N-ethyl adjacent to an activating group) is 1. The zero-order valence-corrected chi connectivity index (χ0v) is 77.8. The molecule has 704 valence electrons. The molecule has 5 saturated heterocycles. The number of halogens is 1. The first kappa shape index (κ1) is 84.5. The van der Waals surface area contributed by atoms with Gasteiger partial charge in [-0.15, -0.1) is 0 Å². The number of hydrogen-bond donors (Lipinski definition) is 13. The molecule has 32 rings (SSSR count). The number of aliphatic hydroxyl groups excluding tert-OH is 1. The predicted octanol–water partition coefficient (Wildman–Crippen LogP) is 7.36. The molecule has 10 bridgehead atoms. The number of ketones is 1. The summed E-state index contributed by atoms with van der Waals surface area (Å²) in [4.78, 5) is 26.6. The summed E-state index contributed by atoms with van der Waals surface area (Å²) in [5, 5.41) is 125. The molecule has 10 aliphatic heterocycles. The molecular weight excluding hydrogens is 1750 g/mol. The highest BCUT2D eigenvalue weighted by molar-refractivity contribution is 5.90. The molecule has 1 aromatic heterocycles. The number of nitrogens with zero attached hydrogens (tertiary/aromatic N) is 5. The Hall–Kier alpha value is -7.73. The predicted molar refractivity (Wildman–Crippen MR) is 488 cm³/mol. The fourth-order valence-corrected chi connectivity index (χ4v) is 33.9. The first-order valence-corrected chi connectivity index (χ1v) is 50.9. The Morgan fingerprint density at radius 1 is 0.429 bits per heavy atom. The number of fused-ring (bicyclic) bond motifs is 4. The van der Waals surface area contributed by atoms with Crippen LogP contribution in [0, 0.1) is 29.6 Å².